The highest BCUT2D eigenvalue weighted by atomic mass is 16.1. The van der Waals surface area contributed by atoms with Gasteiger partial charge in [-0.1, -0.05) is 11.6 Å². The summed E-state index contributed by atoms with van der Waals surface area (Å²) in [6, 6.07) is 3.84. The minimum atomic E-state index is 0.0441. The Morgan fingerprint density at radius 1 is 1.37 bits per heavy atom. The first kappa shape index (κ1) is 12.1. The van der Waals surface area contributed by atoms with Gasteiger partial charge in [0.15, 0.2) is 0 Å². The number of hydrogen-bond acceptors (Lipinski definition) is 3. The van der Waals surface area contributed by atoms with Crippen molar-refractivity contribution in [3.8, 4) is 0 Å². The van der Waals surface area contributed by atoms with Crippen molar-refractivity contribution in [2.24, 2.45) is 0 Å². The quantitative estimate of drug-likeness (QED) is 0.574. The van der Waals surface area contributed by atoms with Gasteiger partial charge in [0, 0.05) is 12.2 Å². The molecule has 0 saturated carbocycles. The maximum Gasteiger partial charge on any atom is 0.228 e. The molecule has 0 atom stereocenters. The Hall–Kier alpha value is -1.97. The Labute approximate surface area is 113 Å². The molecule has 0 bridgehead atoms. The lowest BCUT2D eigenvalue weighted by Crippen LogP contribution is -2.06. The van der Waals surface area contributed by atoms with Crippen molar-refractivity contribution >= 4 is 23.0 Å². The molecule has 4 nitrogen and oxygen atoms in total. The fourth-order valence-electron chi connectivity index (χ4n) is 2.77. The van der Waals surface area contributed by atoms with E-state index in [2.05, 4.69) is 16.7 Å². The van der Waals surface area contributed by atoms with E-state index < -0.39 is 0 Å². The summed E-state index contributed by atoms with van der Waals surface area (Å²) in [7, 11) is 0. The number of carbonyl (C=O) groups excluding carboxylic acids is 1. The molecule has 1 amide bonds. The van der Waals surface area contributed by atoms with Gasteiger partial charge in [-0.3, -0.25) is 4.79 Å². The highest BCUT2D eigenvalue weighted by Gasteiger charge is 2.19. The molecule has 4 N–H and O–H groups in total. The van der Waals surface area contributed by atoms with E-state index in [9.17, 15) is 4.79 Å². The van der Waals surface area contributed by atoms with Crippen molar-refractivity contribution in [1.82, 2.24) is 0 Å². The number of carbonyl (C=O) groups is 1. The van der Waals surface area contributed by atoms with Gasteiger partial charge in [0.2, 0.25) is 5.91 Å². The second-order valence-corrected chi connectivity index (χ2v) is 5.25. The normalized spacial score (nSPS) is 17.1. The summed E-state index contributed by atoms with van der Waals surface area (Å²) in [5.41, 5.74) is 11.1. The zero-order valence-corrected chi connectivity index (χ0v) is 11.0. The van der Waals surface area contributed by atoms with Crippen LogP contribution in [0.2, 0.25) is 0 Å². The summed E-state index contributed by atoms with van der Waals surface area (Å²) in [6.07, 6.45) is 7.60. The Morgan fingerprint density at radius 3 is 3.05 bits per heavy atom. The predicted octanol–water partition coefficient (Wildman–Crippen LogP) is 2.68. The average Bonchev–Trinajstić information content (AvgIpc) is 2.98. The van der Waals surface area contributed by atoms with Crippen LogP contribution in [0.1, 0.15) is 31.2 Å². The molecule has 1 heterocycles. The maximum atomic E-state index is 11.3. The van der Waals surface area contributed by atoms with Gasteiger partial charge >= 0.3 is 0 Å². The van der Waals surface area contributed by atoms with Crippen molar-refractivity contribution < 1.29 is 4.79 Å². The Bertz CT molecular complexity index is 549. The number of nitrogens with two attached hydrogens (primary N) is 1. The number of allylic oxidation sites excluding steroid dienone is 1. The van der Waals surface area contributed by atoms with Crippen LogP contribution in [-0.4, -0.2) is 12.5 Å². The van der Waals surface area contributed by atoms with E-state index in [1.807, 2.05) is 12.1 Å². The standard InChI is InChI=1S/C15H19N3O/c16-12-7-11-8-15(19)18-13(11)9-14(12)17-6-5-10-3-1-2-4-10/h3,7,9,17H,1-2,4-6,8,16H2,(H,18,19). The second kappa shape index (κ2) is 4.96. The minimum absolute atomic E-state index is 0.0441. The number of anilines is 3. The van der Waals surface area contributed by atoms with E-state index in [0.29, 0.717) is 6.42 Å². The van der Waals surface area contributed by atoms with Crippen LogP contribution in [0.4, 0.5) is 17.1 Å². The third-order valence-electron chi connectivity index (χ3n) is 3.80. The fraction of sp³-hybridized carbons (Fsp3) is 0.400. The van der Waals surface area contributed by atoms with Crippen molar-refractivity contribution in [3.63, 3.8) is 0 Å². The van der Waals surface area contributed by atoms with Gasteiger partial charge < -0.3 is 16.4 Å². The van der Waals surface area contributed by atoms with Gasteiger partial charge in [-0.15, -0.1) is 0 Å². The van der Waals surface area contributed by atoms with Crippen LogP contribution >= 0.6 is 0 Å². The van der Waals surface area contributed by atoms with E-state index >= 15 is 0 Å². The first-order valence-corrected chi connectivity index (χ1v) is 6.86. The van der Waals surface area contributed by atoms with Crippen LogP contribution in [0.5, 0.6) is 0 Å². The predicted molar refractivity (Wildman–Crippen MR) is 78.2 cm³/mol. The second-order valence-electron chi connectivity index (χ2n) is 5.25. The van der Waals surface area contributed by atoms with Crippen LogP contribution in [0, 0.1) is 0 Å². The van der Waals surface area contributed by atoms with Gasteiger partial charge in [-0.2, -0.15) is 0 Å². The van der Waals surface area contributed by atoms with E-state index in [1.165, 1.54) is 19.3 Å². The van der Waals surface area contributed by atoms with Crippen molar-refractivity contribution in [2.45, 2.75) is 32.1 Å². The van der Waals surface area contributed by atoms with Crippen LogP contribution in [0.15, 0.2) is 23.8 Å². The molecule has 0 unspecified atom stereocenters. The highest BCUT2D eigenvalue weighted by molar-refractivity contribution is 6.00. The summed E-state index contributed by atoms with van der Waals surface area (Å²) in [5.74, 6) is 0.0441. The third kappa shape index (κ3) is 2.57. The zero-order valence-electron chi connectivity index (χ0n) is 11.0. The molecular formula is C15H19N3O. The lowest BCUT2D eigenvalue weighted by Gasteiger charge is -2.11. The van der Waals surface area contributed by atoms with Gasteiger partial charge in [-0.25, -0.2) is 0 Å². The fourth-order valence-corrected chi connectivity index (χ4v) is 2.77. The highest BCUT2D eigenvalue weighted by Crippen LogP contribution is 2.31. The number of rotatable bonds is 4. The Morgan fingerprint density at radius 2 is 2.26 bits per heavy atom. The van der Waals surface area contributed by atoms with Crippen molar-refractivity contribution in [3.05, 3.63) is 29.3 Å². The van der Waals surface area contributed by atoms with Crippen LogP contribution in [0.25, 0.3) is 0 Å². The third-order valence-corrected chi connectivity index (χ3v) is 3.80. The number of nitrogens with one attached hydrogen (secondary N) is 2. The molecule has 0 fully saturated rings. The van der Waals surface area contributed by atoms with E-state index in [1.54, 1.807) is 5.57 Å². The lowest BCUT2D eigenvalue weighted by molar-refractivity contribution is -0.115. The van der Waals surface area contributed by atoms with Crippen LogP contribution < -0.4 is 16.4 Å². The first-order valence-electron chi connectivity index (χ1n) is 6.86. The number of benzene rings is 1. The molecule has 1 aromatic carbocycles. The molecule has 3 rings (SSSR count). The summed E-state index contributed by atoms with van der Waals surface area (Å²) in [6.45, 7) is 0.892. The molecule has 0 aromatic heterocycles. The lowest BCUT2D eigenvalue weighted by atomic mass is 10.1. The van der Waals surface area contributed by atoms with Crippen LogP contribution in [0.3, 0.4) is 0 Å². The molecular weight excluding hydrogens is 238 g/mol. The van der Waals surface area contributed by atoms with E-state index in [4.69, 9.17) is 5.73 Å². The minimum Gasteiger partial charge on any atom is -0.397 e. The monoisotopic (exact) mass is 257 g/mol. The molecule has 2 aliphatic rings. The summed E-state index contributed by atoms with van der Waals surface area (Å²) < 4.78 is 0. The molecule has 19 heavy (non-hydrogen) atoms. The van der Waals surface area contributed by atoms with Gasteiger partial charge in [0.25, 0.3) is 0 Å². The number of nitrogen functional groups attached to an aromatic ring is 1. The van der Waals surface area contributed by atoms with Crippen molar-refractivity contribution in [1.29, 1.82) is 0 Å². The van der Waals surface area contributed by atoms with Gasteiger partial charge in [0.05, 0.1) is 17.8 Å². The van der Waals surface area contributed by atoms with Crippen molar-refractivity contribution in [2.75, 3.05) is 22.9 Å². The topological polar surface area (TPSA) is 67.2 Å². The molecule has 0 saturated heterocycles. The number of hydrogen-bond donors (Lipinski definition) is 3. The number of fused-ring (bicyclic) bond motifs is 1. The SMILES string of the molecule is Nc1cc2c(cc1NCCC1=CCCC1)NC(=O)C2. The molecule has 1 aromatic rings. The average molecular weight is 257 g/mol. The first-order chi connectivity index (χ1) is 9.22. The van der Waals surface area contributed by atoms with E-state index in [-0.39, 0.29) is 5.91 Å². The molecule has 0 radical (unpaired) electrons. The summed E-state index contributed by atoms with van der Waals surface area (Å²) >= 11 is 0. The van der Waals surface area contributed by atoms with Gasteiger partial charge in [-0.05, 0) is 43.4 Å². The molecule has 4 heteroatoms. The maximum absolute atomic E-state index is 11.3. The Balaban J connectivity index is 1.64. The smallest absolute Gasteiger partial charge is 0.228 e. The van der Waals surface area contributed by atoms with E-state index in [0.717, 1.165) is 35.6 Å². The molecule has 100 valence electrons. The summed E-state index contributed by atoms with van der Waals surface area (Å²) in [5, 5.41) is 6.22. The zero-order chi connectivity index (χ0) is 13.2. The van der Waals surface area contributed by atoms with Gasteiger partial charge in [0.1, 0.15) is 0 Å². The molecule has 1 aliphatic heterocycles. The number of amides is 1. The largest absolute Gasteiger partial charge is 0.397 e. The molecule has 1 aliphatic carbocycles. The summed E-state index contributed by atoms with van der Waals surface area (Å²) in [4.78, 5) is 11.3. The van der Waals surface area contributed by atoms with Crippen LogP contribution in [-0.2, 0) is 11.2 Å². The molecule has 0 spiro atoms. The Kier molecular flexibility index (Phi) is 3.15.